The lowest BCUT2D eigenvalue weighted by molar-refractivity contribution is -0.141. The lowest BCUT2D eigenvalue weighted by atomic mass is 9.94. The van der Waals surface area contributed by atoms with Gasteiger partial charge in [-0.25, -0.2) is 4.98 Å². The van der Waals surface area contributed by atoms with E-state index in [1.54, 1.807) is 19.5 Å². The summed E-state index contributed by atoms with van der Waals surface area (Å²) in [5, 5.41) is 34.2. The molecule has 5 heterocycles. The van der Waals surface area contributed by atoms with Gasteiger partial charge >= 0.3 is 5.97 Å². The number of carboxylic acids is 1. The van der Waals surface area contributed by atoms with Crippen LogP contribution in [0.15, 0.2) is 67.1 Å². The van der Waals surface area contributed by atoms with Crippen LogP contribution in [-0.4, -0.2) is 80.3 Å². The van der Waals surface area contributed by atoms with E-state index in [1.165, 1.54) is 0 Å². The van der Waals surface area contributed by atoms with Crippen molar-refractivity contribution in [2.75, 3.05) is 38.6 Å². The van der Waals surface area contributed by atoms with Gasteiger partial charge in [0.2, 0.25) is 0 Å². The van der Waals surface area contributed by atoms with Gasteiger partial charge in [-0.2, -0.15) is 5.26 Å². The molecule has 0 spiro atoms. The number of ether oxygens (including phenoxy) is 1. The molecule has 53 heavy (non-hydrogen) atoms. The normalized spacial score (nSPS) is 17.8. The number of anilines is 2. The zero-order valence-corrected chi connectivity index (χ0v) is 30.2. The van der Waals surface area contributed by atoms with Crippen LogP contribution in [0.4, 0.5) is 11.5 Å². The Morgan fingerprint density at radius 1 is 1.00 bits per heavy atom. The molecule has 2 aromatic carbocycles. The number of benzene rings is 2. The molecule has 2 atom stereocenters. The average Bonchev–Trinajstić information content (AvgIpc) is 3.80. The summed E-state index contributed by atoms with van der Waals surface area (Å²) < 4.78 is 5.75. The highest BCUT2D eigenvalue weighted by atomic mass is 16.5. The predicted octanol–water partition coefficient (Wildman–Crippen LogP) is 6.58. The van der Waals surface area contributed by atoms with E-state index in [4.69, 9.17) is 9.72 Å². The molecule has 0 amide bonds. The van der Waals surface area contributed by atoms with Crippen molar-refractivity contribution in [2.45, 2.75) is 45.9 Å². The minimum absolute atomic E-state index is 0.261. The van der Waals surface area contributed by atoms with Crippen LogP contribution in [-0.2, 0) is 17.9 Å². The van der Waals surface area contributed by atoms with Gasteiger partial charge in [-0.15, -0.1) is 0 Å². The number of aromatic nitrogens is 3. The molecule has 0 radical (unpaired) electrons. The van der Waals surface area contributed by atoms with Crippen molar-refractivity contribution in [3.8, 4) is 22.9 Å². The van der Waals surface area contributed by atoms with Gasteiger partial charge in [-0.3, -0.25) is 24.6 Å². The Morgan fingerprint density at radius 2 is 1.81 bits per heavy atom. The minimum Gasteiger partial charge on any atom is -0.496 e. The number of aliphatic hydroxyl groups excluding tert-OH is 1. The molecule has 2 fully saturated rings. The van der Waals surface area contributed by atoms with Gasteiger partial charge in [0, 0.05) is 73.5 Å². The summed E-state index contributed by atoms with van der Waals surface area (Å²) in [6, 6.07) is 18.4. The van der Waals surface area contributed by atoms with E-state index in [0.29, 0.717) is 43.1 Å². The fourth-order valence-electron chi connectivity index (χ4n) is 7.48. The van der Waals surface area contributed by atoms with E-state index in [-0.39, 0.29) is 12.0 Å². The average molecular weight is 710 g/mol. The molecule has 2 aliphatic rings. The maximum absolute atomic E-state index is 11.5. The van der Waals surface area contributed by atoms with Crippen molar-refractivity contribution >= 4 is 40.5 Å². The van der Waals surface area contributed by atoms with Gasteiger partial charge in [0.05, 0.1) is 30.4 Å². The quantitative estimate of drug-likeness (QED) is 0.137. The van der Waals surface area contributed by atoms with Crippen LogP contribution < -0.4 is 10.1 Å². The van der Waals surface area contributed by atoms with Gasteiger partial charge in [0.25, 0.3) is 0 Å². The Bertz CT molecular complexity index is 2250. The molecule has 270 valence electrons. The number of fused-ring (bicyclic) bond motifs is 1. The zero-order valence-electron chi connectivity index (χ0n) is 30.2. The third-order valence-corrected chi connectivity index (χ3v) is 10.4. The minimum atomic E-state index is -0.744. The second kappa shape index (κ2) is 15.5. The predicted molar refractivity (Wildman–Crippen MR) is 206 cm³/mol. The summed E-state index contributed by atoms with van der Waals surface area (Å²) in [5.74, 6) is 0.299. The van der Waals surface area contributed by atoms with Gasteiger partial charge in [-0.05, 0) is 97.5 Å². The fourth-order valence-corrected chi connectivity index (χ4v) is 7.48. The summed E-state index contributed by atoms with van der Waals surface area (Å²) in [4.78, 5) is 29.8. The molecule has 7 rings (SSSR count). The first-order valence-corrected chi connectivity index (χ1v) is 17.9. The number of likely N-dealkylation sites (tertiary alicyclic amines) is 2. The van der Waals surface area contributed by atoms with Gasteiger partial charge in [-0.1, -0.05) is 24.3 Å². The largest absolute Gasteiger partial charge is 0.496 e. The van der Waals surface area contributed by atoms with Crippen LogP contribution in [0, 0.1) is 31.1 Å². The van der Waals surface area contributed by atoms with Crippen molar-refractivity contribution in [1.82, 2.24) is 24.8 Å². The Labute approximate surface area is 309 Å². The van der Waals surface area contributed by atoms with Gasteiger partial charge < -0.3 is 20.3 Å². The number of aryl methyl sites for hydroxylation is 1. The first-order chi connectivity index (χ1) is 25.7. The van der Waals surface area contributed by atoms with Crippen molar-refractivity contribution in [2.24, 2.45) is 5.92 Å². The van der Waals surface area contributed by atoms with E-state index < -0.39 is 5.97 Å². The highest BCUT2D eigenvalue weighted by molar-refractivity contribution is 5.91. The van der Waals surface area contributed by atoms with Crippen LogP contribution in [0.2, 0.25) is 0 Å². The lowest BCUT2D eigenvalue weighted by Crippen LogP contribution is -2.23. The zero-order chi connectivity index (χ0) is 37.1. The molecule has 11 nitrogen and oxygen atoms in total. The van der Waals surface area contributed by atoms with Crippen LogP contribution in [0.1, 0.15) is 51.9 Å². The molecule has 0 bridgehead atoms. The van der Waals surface area contributed by atoms with E-state index in [0.717, 1.165) is 87.3 Å². The Hall–Kier alpha value is -5.67. The van der Waals surface area contributed by atoms with E-state index in [1.807, 2.05) is 68.6 Å². The number of aliphatic carboxylic acids is 1. The summed E-state index contributed by atoms with van der Waals surface area (Å²) in [5.41, 5.74) is 9.35. The van der Waals surface area contributed by atoms with Crippen molar-refractivity contribution in [1.29, 1.82) is 5.26 Å². The summed E-state index contributed by atoms with van der Waals surface area (Å²) in [6.07, 6.45) is 10.4. The number of aliphatic hydroxyl groups is 1. The number of nitriles is 1. The van der Waals surface area contributed by atoms with Crippen molar-refractivity contribution < 1.29 is 19.7 Å². The highest BCUT2D eigenvalue weighted by Crippen LogP contribution is 2.35. The number of hydrogen-bond acceptors (Lipinski definition) is 10. The number of carbonyl (C=O) groups is 1. The molecular formula is C42H43N7O4. The molecule has 2 aliphatic heterocycles. The van der Waals surface area contributed by atoms with Crippen molar-refractivity contribution in [3.63, 3.8) is 0 Å². The molecule has 5 aromatic rings. The molecular weight excluding hydrogens is 667 g/mol. The van der Waals surface area contributed by atoms with Crippen molar-refractivity contribution in [3.05, 3.63) is 106 Å². The topological polar surface area (TPSA) is 148 Å². The number of rotatable bonds is 11. The molecule has 0 unspecified atom stereocenters. The second-order valence-corrected chi connectivity index (χ2v) is 14.0. The van der Waals surface area contributed by atoms with Gasteiger partial charge in [0.1, 0.15) is 17.3 Å². The monoisotopic (exact) mass is 709 g/mol. The number of carboxylic acid groups (broad SMARTS) is 1. The number of nitrogens with one attached hydrogen (secondary N) is 1. The highest BCUT2D eigenvalue weighted by Gasteiger charge is 2.28. The van der Waals surface area contributed by atoms with Gasteiger partial charge in [0.15, 0.2) is 5.82 Å². The summed E-state index contributed by atoms with van der Waals surface area (Å²) >= 11 is 0. The third kappa shape index (κ3) is 7.76. The van der Waals surface area contributed by atoms with E-state index in [9.17, 15) is 20.3 Å². The molecule has 0 aliphatic carbocycles. The van der Waals surface area contributed by atoms with E-state index >= 15 is 0 Å². The number of methoxy groups -OCH3 is 1. The Morgan fingerprint density at radius 3 is 2.57 bits per heavy atom. The smallest absolute Gasteiger partial charge is 0.307 e. The number of β-amino-alcohol motifs (C(OH)–C–C–N with tert-alkyl or cyclic N) is 1. The first kappa shape index (κ1) is 35.7. The summed E-state index contributed by atoms with van der Waals surface area (Å²) in [7, 11) is 1.64. The summed E-state index contributed by atoms with van der Waals surface area (Å²) in [6.45, 7) is 8.24. The number of hydrogen-bond donors (Lipinski definition) is 3. The molecule has 11 heteroatoms. The lowest BCUT2D eigenvalue weighted by Gasteiger charge is -2.19. The third-order valence-electron chi connectivity index (χ3n) is 10.4. The SMILES string of the molecule is COc1cc(/C=C/c2nccc(-c3cccc(Nc4nccc5cc(CN6CC[C@@H](O)C6)cnc45)c3C)c2C#N)c(C)cc1CN1CC[C@@H](C(=O)O)C1. The maximum Gasteiger partial charge on any atom is 0.307 e. The number of pyridine rings is 3. The molecule has 3 N–H and O–H groups in total. The van der Waals surface area contributed by atoms with Crippen LogP contribution in [0.5, 0.6) is 5.75 Å². The second-order valence-electron chi connectivity index (χ2n) is 14.0. The maximum atomic E-state index is 11.5. The molecule has 0 saturated carbocycles. The fraction of sp³-hybridized carbons (Fsp3) is 0.310. The first-order valence-electron chi connectivity index (χ1n) is 17.9. The van der Waals surface area contributed by atoms with Crippen LogP contribution in [0.3, 0.4) is 0 Å². The van der Waals surface area contributed by atoms with E-state index in [2.05, 4.69) is 43.3 Å². The molecule has 2 saturated heterocycles. The molecule has 3 aromatic heterocycles. The Balaban J connectivity index is 1.12. The number of nitrogens with zero attached hydrogens (tertiary/aromatic N) is 6. The van der Waals surface area contributed by atoms with Crippen LogP contribution in [0.25, 0.3) is 34.2 Å². The Kier molecular flexibility index (Phi) is 10.5. The standard InChI is InChI=1S/C42H43N7O4/c1-26-17-32(24-49-15-11-31(23-49)42(51)52)39(53-3)19-29(26)7-8-38-36(20-43)35(10-14-44-38)34-5-4-6-37(27(34)2)47-41-40-30(9-13-45-41)18-28(21-46-40)22-48-16-12-33(50)25-48/h4-10,13-14,17-19,21,31,33,50H,11-12,15-16,22-25H2,1-3H3,(H,45,47)(H,51,52)/b8-7+/t31-,33-/m1/s1. The van der Waals surface area contributed by atoms with Crippen LogP contribution >= 0.6 is 0 Å².